The van der Waals surface area contributed by atoms with Crippen LogP contribution in [0.2, 0.25) is 0 Å². The number of nitrogens with two attached hydrogens (primary N) is 3. The molecule has 0 radical (unpaired) electrons. The van der Waals surface area contributed by atoms with Gasteiger partial charge in [0.1, 0.15) is 0 Å². The minimum absolute atomic E-state index is 0. The maximum absolute atomic E-state index is 7.01. The van der Waals surface area contributed by atoms with Crippen molar-refractivity contribution < 1.29 is 1.43 Å². The third-order valence-electron chi connectivity index (χ3n) is 4.90. The van der Waals surface area contributed by atoms with E-state index in [1.807, 2.05) is 12.1 Å². The molecule has 8 heteroatoms. The van der Waals surface area contributed by atoms with Gasteiger partial charge >= 0.3 is 0 Å². The molecule has 29 heavy (non-hydrogen) atoms. The first-order valence-corrected chi connectivity index (χ1v) is 10.1. The zero-order valence-corrected chi connectivity index (χ0v) is 17.5. The van der Waals surface area contributed by atoms with Gasteiger partial charge in [-0.2, -0.15) is 5.53 Å². The number of nitrogens with one attached hydrogen (secondary N) is 1. The van der Waals surface area contributed by atoms with Crippen molar-refractivity contribution in [2.24, 2.45) is 33.4 Å². The molecule has 2 rings (SSSR count). The van der Waals surface area contributed by atoms with Crippen LogP contribution in [0.25, 0.3) is 0 Å². The molecular weight excluding hydrogens is 364 g/mol. The van der Waals surface area contributed by atoms with Crippen LogP contribution in [0.15, 0.2) is 52.6 Å². The van der Waals surface area contributed by atoms with Gasteiger partial charge in [0.2, 0.25) is 0 Å². The van der Waals surface area contributed by atoms with E-state index in [9.17, 15) is 0 Å². The Kier molecular flexibility index (Phi) is 8.67. The van der Waals surface area contributed by atoms with Crippen molar-refractivity contribution in [2.75, 3.05) is 37.6 Å². The molecule has 1 aromatic carbocycles. The molecule has 0 unspecified atom stereocenters. The Bertz CT molecular complexity index is 772. The maximum Gasteiger partial charge on any atom is 0.157 e. The molecule has 0 aliphatic carbocycles. The Morgan fingerprint density at radius 2 is 2.03 bits per heavy atom. The lowest BCUT2D eigenvalue weighted by Crippen LogP contribution is -2.34. The normalized spacial score (nSPS) is 17.1. The summed E-state index contributed by atoms with van der Waals surface area (Å²) in [6.45, 7) is 8.81. The van der Waals surface area contributed by atoms with Gasteiger partial charge in [0.15, 0.2) is 5.84 Å². The average Bonchev–Trinajstić information content (AvgIpc) is 2.91. The van der Waals surface area contributed by atoms with Gasteiger partial charge in [-0.3, -0.25) is 4.90 Å². The average molecular weight is 401 g/mol. The predicted molar refractivity (Wildman–Crippen MR) is 122 cm³/mol. The molecular formula is C21H36N8. The molecule has 1 fully saturated rings. The van der Waals surface area contributed by atoms with E-state index in [4.69, 9.17) is 22.7 Å². The predicted octanol–water partition coefficient (Wildman–Crippen LogP) is 2.61. The second-order valence-electron chi connectivity index (χ2n) is 7.78. The monoisotopic (exact) mass is 400 g/mol. The van der Waals surface area contributed by atoms with Crippen molar-refractivity contribution >= 4 is 11.5 Å². The van der Waals surface area contributed by atoms with Crippen LogP contribution in [0.5, 0.6) is 0 Å². The highest BCUT2D eigenvalue weighted by atomic mass is 15.3. The number of hydrogen-bond donors (Lipinski definition) is 4. The SMILES string of the molecule is CC(C)Cc1ccc(/C(N)=N/N=N)c(N2CCCN(C/C(N)=C/C=C\N)CC2)c1.[HH]. The molecule has 0 spiro atoms. The third-order valence-corrected chi connectivity index (χ3v) is 4.90. The highest BCUT2D eigenvalue weighted by molar-refractivity contribution is 6.02. The van der Waals surface area contributed by atoms with Crippen LogP contribution in [-0.4, -0.2) is 43.5 Å². The number of rotatable bonds is 8. The van der Waals surface area contributed by atoms with Gasteiger partial charge in [0.25, 0.3) is 0 Å². The van der Waals surface area contributed by atoms with E-state index in [0.717, 1.165) is 62.5 Å². The van der Waals surface area contributed by atoms with Gasteiger partial charge in [-0.25, -0.2) is 0 Å². The van der Waals surface area contributed by atoms with E-state index < -0.39 is 0 Å². The van der Waals surface area contributed by atoms with Gasteiger partial charge in [-0.05, 0) is 54.8 Å². The number of anilines is 1. The molecule has 1 aromatic rings. The Balaban J connectivity index is 0.00000450. The van der Waals surface area contributed by atoms with E-state index >= 15 is 0 Å². The first-order chi connectivity index (χ1) is 13.9. The zero-order chi connectivity index (χ0) is 21.2. The quantitative estimate of drug-likeness (QED) is 0.175. The molecule has 0 saturated carbocycles. The standard InChI is InChI=1S/C21H34N8.H2/c1-16(2)13-17-6-7-19(21(24)26-27-25)20(14-17)29-10-4-9-28(11-12-29)15-18(23)5-3-8-22;/h3,5-8,14,16H,4,9-13,15,22-23H2,1-2H3,(H3,24,25,26);1H/b8-3-,18-5-;. The Labute approximate surface area is 175 Å². The Hall–Kier alpha value is -2.87. The second kappa shape index (κ2) is 11.2. The van der Waals surface area contributed by atoms with Crippen LogP contribution in [0.1, 0.15) is 32.8 Å². The summed E-state index contributed by atoms with van der Waals surface area (Å²) in [6, 6.07) is 6.29. The first-order valence-electron chi connectivity index (χ1n) is 10.1. The summed E-state index contributed by atoms with van der Waals surface area (Å²) in [4.78, 5) is 4.70. The molecule has 1 aliphatic heterocycles. The molecule has 1 heterocycles. The summed E-state index contributed by atoms with van der Waals surface area (Å²) in [5.74, 6) is 0.841. The van der Waals surface area contributed by atoms with Crippen molar-refractivity contribution in [3.05, 3.63) is 53.4 Å². The van der Waals surface area contributed by atoms with Crippen LogP contribution >= 0.6 is 0 Å². The van der Waals surface area contributed by atoms with Crippen molar-refractivity contribution in [1.29, 1.82) is 5.53 Å². The third kappa shape index (κ3) is 6.90. The van der Waals surface area contributed by atoms with Crippen molar-refractivity contribution in [1.82, 2.24) is 4.90 Å². The number of amidine groups is 1. The lowest BCUT2D eigenvalue weighted by Gasteiger charge is -2.26. The smallest absolute Gasteiger partial charge is 0.157 e. The molecule has 0 bridgehead atoms. The molecule has 1 aliphatic rings. The molecule has 0 aromatic heterocycles. The minimum Gasteiger partial charge on any atom is -0.405 e. The van der Waals surface area contributed by atoms with Crippen molar-refractivity contribution in [3.63, 3.8) is 0 Å². The molecule has 160 valence electrons. The molecule has 1 saturated heterocycles. The lowest BCUT2D eigenvalue weighted by molar-refractivity contribution is 0.317. The van der Waals surface area contributed by atoms with Gasteiger partial charge in [-0.1, -0.05) is 25.1 Å². The summed E-state index contributed by atoms with van der Waals surface area (Å²) in [5, 5.41) is 6.86. The van der Waals surface area contributed by atoms with Crippen molar-refractivity contribution in [2.45, 2.75) is 26.7 Å². The number of hydrogen-bond acceptors (Lipinski definition) is 6. The van der Waals surface area contributed by atoms with Crippen LogP contribution in [0, 0.1) is 11.4 Å². The van der Waals surface area contributed by atoms with Crippen LogP contribution in [0.4, 0.5) is 5.69 Å². The van der Waals surface area contributed by atoms with E-state index in [1.165, 1.54) is 11.8 Å². The highest BCUT2D eigenvalue weighted by Crippen LogP contribution is 2.25. The van der Waals surface area contributed by atoms with Crippen LogP contribution in [0.3, 0.4) is 0 Å². The summed E-state index contributed by atoms with van der Waals surface area (Å²) in [6.07, 6.45) is 7.11. The molecule has 0 atom stereocenters. The molecule has 0 amide bonds. The van der Waals surface area contributed by atoms with Crippen LogP contribution < -0.4 is 22.1 Å². The number of benzene rings is 1. The van der Waals surface area contributed by atoms with E-state index in [0.29, 0.717) is 5.92 Å². The van der Waals surface area contributed by atoms with Crippen LogP contribution in [-0.2, 0) is 6.42 Å². The van der Waals surface area contributed by atoms with Crippen molar-refractivity contribution in [3.8, 4) is 0 Å². The number of allylic oxidation sites excluding steroid dienone is 2. The maximum atomic E-state index is 7.01. The zero-order valence-electron chi connectivity index (χ0n) is 17.5. The Morgan fingerprint density at radius 3 is 2.72 bits per heavy atom. The molecule has 8 nitrogen and oxygen atoms in total. The minimum atomic E-state index is 0. The topological polar surface area (TPSA) is 133 Å². The summed E-state index contributed by atoms with van der Waals surface area (Å²) < 4.78 is 0. The first kappa shape index (κ1) is 22.4. The van der Waals surface area contributed by atoms with Gasteiger partial charge < -0.3 is 22.1 Å². The molecule has 7 N–H and O–H groups in total. The summed E-state index contributed by atoms with van der Waals surface area (Å²) >= 11 is 0. The van der Waals surface area contributed by atoms with E-state index in [-0.39, 0.29) is 7.26 Å². The van der Waals surface area contributed by atoms with E-state index in [2.05, 4.69) is 46.1 Å². The fraction of sp³-hybridized carbons (Fsp3) is 0.476. The fourth-order valence-electron chi connectivity index (χ4n) is 3.62. The second-order valence-corrected chi connectivity index (χ2v) is 7.78. The summed E-state index contributed by atoms with van der Waals surface area (Å²) in [5.41, 5.74) is 28.5. The fourth-order valence-corrected chi connectivity index (χ4v) is 3.62. The van der Waals surface area contributed by atoms with E-state index in [1.54, 1.807) is 6.08 Å². The lowest BCUT2D eigenvalue weighted by atomic mass is 9.99. The van der Waals surface area contributed by atoms with Gasteiger partial charge in [0, 0.05) is 51.1 Å². The Morgan fingerprint density at radius 1 is 1.24 bits per heavy atom. The summed E-state index contributed by atoms with van der Waals surface area (Å²) in [7, 11) is 0. The largest absolute Gasteiger partial charge is 0.405 e. The highest BCUT2D eigenvalue weighted by Gasteiger charge is 2.19. The van der Waals surface area contributed by atoms with Gasteiger partial charge in [0.05, 0.1) is 0 Å². The number of nitrogens with zero attached hydrogens (tertiary/aromatic N) is 4. The van der Waals surface area contributed by atoms with Gasteiger partial charge in [-0.15, -0.1) is 5.10 Å².